The Kier molecular flexibility index (Phi) is 4.64. The van der Waals surface area contributed by atoms with E-state index in [1.807, 2.05) is 5.48 Å². The van der Waals surface area contributed by atoms with E-state index in [1.54, 1.807) is 0 Å². The zero-order valence-electron chi connectivity index (χ0n) is 9.84. The standard InChI is InChI=1S/C11H15N3O4/c1-13-10(17)6-11(12,18-14-7-15)8-2-4-9(16)5-3-8/h2-5,7,16H,6,12H2,1H3,(H,13,17)(H,14,15). The molecular weight excluding hydrogens is 238 g/mol. The van der Waals surface area contributed by atoms with Crippen molar-refractivity contribution in [3.63, 3.8) is 0 Å². The van der Waals surface area contributed by atoms with Crippen molar-refractivity contribution < 1.29 is 19.5 Å². The number of hydroxylamine groups is 1. The summed E-state index contributed by atoms with van der Waals surface area (Å²) in [5.74, 6) is -0.289. The van der Waals surface area contributed by atoms with Crippen LogP contribution in [0.5, 0.6) is 5.75 Å². The molecular formula is C11H15N3O4. The average Bonchev–Trinajstić information content (AvgIpc) is 2.37. The highest BCUT2D eigenvalue weighted by Gasteiger charge is 2.32. The van der Waals surface area contributed by atoms with Crippen LogP contribution >= 0.6 is 0 Å². The maximum Gasteiger partial charge on any atom is 0.230 e. The minimum Gasteiger partial charge on any atom is -0.508 e. The fraction of sp³-hybridized carbons (Fsp3) is 0.273. The smallest absolute Gasteiger partial charge is 0.230 e. The lowest BCUT2D eigenvalue weighted by atomic mass is 9.99. The largest absolute Gasteiger partial charge is 0.508 e. The first-order valence-electron chi connectivity index (χ1n) is 5.18. The minimum absolute atomic E-state index is 0.0596. The van der Waals surface area contributed by atoms with Gasteiger partial charge in [-0.05, 0) is 12.1 Å². The molecule has 1 atom stereocenters. The molecule has 2 amide bonds. The molecule has 0 aliphatic carbocycles. The molecule has 0 aromatic heterocycles. The molecule has 7 heteroatoms. The molecule has 0 aliphatic heterocycles. The van der Waals surface area contributed by atoms with Gasteiger partial charge in [-0.2, -0.15) is 0 Å². The number of rotatable bonds is 6. The van der Waals surface area contributed by atoms with Crippen molar-refractivity contribution in [2.45, 2.75) is 12.1 Å². The predicted molar refractivity (Wildman–Crippen MR) is 62.9 cm³/mol. The number of phenolic OH excluding ortho intramolecular Hbond substituents is 1. The van der Waals surface area contributed by atoms with Crippen LogP contribution in [0.4, 0.5) is 0 Å². The number of hydrogen-bond acceptors (Lipinski definition) is 5. The van der Waals surface area contributed by atoms with Crippen molar-refractivity contribution >= 4 is 12.3 Å². The second-order valence-corrected chi connectivity index (χ2v) is 3.62. The number of carbonyl (C=O) groups excluding carboxylic acids is 2. The zero-order chi connectivity index (χ0) is 13.6. The maximum atomic E-state index is 11.4. The van der Waals surface area contributed by atoms with Crippen molar-refractivity contribution in [2.24, 2.45) is 5.73 Å². The van der Waals surface area contributed by atoms with Gasteiger partial charge in [-0.3, -0.25) is 15.3 Å². The Morgan fingerprint density at radius 1 is 1.50 bits per heavy atom. The summed E-state index contributed by atoms with van der Waals surface area (Å²) in [6, 6.07) is 5.83. The van der Waals surface area contributed by atoms with Gasteiger partial charge in [0.2, 0.25) is 12.3 Å². The minimum atomic E-state index is -1.51. The van der Waals surface area contributed by atoms with Crippen molar-refractivity contribution in [2.75, 3.05) is 7.05 Å². The first-order valence-corrected chi connectivity index (χ1v) is 5.18. The number of hydrogen-bond donors (Lipinski definition) is 4. The van der Waals surface area contributed by atoms with E-state index in [0.717, 1.165) is 0 Å². The number of benzene rings is 1. The van der Waals surface area contributed by atoms with Crippen molar-refractivity contribution in [1.82, 2.24) is 10.8 Å². The van der Waals surface area contributed by atoms with Crippen LogP contribution in [0.2, 0.25) is 0 Å². The quantitative estimate of drug-likeness (QED) is 0.304. The number of amides is 2. The van der Waals surface area contributed by atoms with Gasteiger partial charge in [-0.15, -0.1) is 0 Å². The molecule has 98 valence electrons. The maximum absolute atomic E-state index is 11.4. The molecule has 5 N–H and O–H groups in total. The molecule has 1 aromatic carbocycles. The summed E-state index contributed by atoms with van der Waals surface area (Å²) in [5.41, 5.74) is 6.87. The molecule has 0 aliphatic rings. The second-order valence-electron chi connectivity index (χ2n) is 3.62. The van der Waals surface area contributed by atoms with E-state index in [2.05, 4.69) is 5.32 Å². The lowest BCUT2D eigenvalue weighted by Gasteiger charge is -2.27. The van der Waals surface area contributed by atoms with Gasteiger partial charge in [0.15, 0.2) is 5.72 Å². The van der Waals surface area contributed by atoms with Gasteiger partial charge in [0.05, 0.1) is 6.42 Å². The summed E-state index contributed by atoms with van der Waals surface area (Å²) in [5, 5.41) is 11.6. The Bertz CT molecular complexity index is 421. The normalized spacial score (nSPS) is 13.4. The van der Waals surface area contributed by atoms with Crippen molar-refractivity contribution in [3.8, 4) is 5.75 Å². The van der Waals surface area contributed by atoms with Gasteiger partial charge < -0.3 is 10.4 Å². The van der Waals surface area contributed by atoms with Crippen molar-refractivity contribution in [1.29, 1.82) is 0 Å². The Labute approximate surface area is 104 Å². The first-order chi connectivity index (χ1) is 8.51. The molecule has 18 heavy (non-hydrogen) atoms. The van der Waals surface area contributed by atoms with E-state index in [9.17, 15) is 14.7 Å². The molecule has 0 heterocycles. The van der Waals surface area contributed by atoms with Crippen LogP contribution in [-0.2, 0) is 20.2 Å². The number of aromatic hydroxyl groups is 1. The van der Waals surface area contributed by atoms with Crippen LogP contribution in [0.1, 0.15) is 12.0 Å². The van der Waals surface area contributed by atoms with Crippen LogP contribution in [0.3, 0.4) is 0 Å². The van der Waals surface area contributed by atoms with Gasteiger partial charge in [0.25, 0.3) is 0 Å². The Morgan fingerprint density at radius 2 is 2.11 bits per heavy atom. The monoisotopic (exact) mass is 253 g/mol. The van der Waals surface area contributed by atoms with Gasteiger partial charge >= 0.3 is 0 Å². The Hall–Kier alpha value is -2.12. The molecule has 0 saturated heterocycles. The Balaban J connectivity index is 2.98. The highest BCUT2D eigenvalue weighted by Crippen LogP contribution is 2.24. The molecule has 7 nitrogen and oxygen atoms in total. The third-order valence-corrected chi connectivity index (χ3v) is 2.35. The van der Waals surface area contributed by atoms with Gasteiger partial charge in [-0.1, -0.05) is 12.1 Å². The van der Waals surface area contributed by atoms with E-state index >= 15 is 0 Å². The summed E-state index contributed by atoms with van der Waals surface area (Å²) >= 11 is 0. The zero-order valence-corrected chi connectivity index (χ0v) is 9.84. The van der Waals surface area contributed by atoms with Crippen LogP contribution in [0.25, 0.3) is 0 Å². The summed E-state index contributed by atoms with van der Waals surface area (Å²) in [6.07, 6.45) is 0.126. The number of nitrogens with one attached hydrogen (secondary N) is 2. The molecule has 0 fully saturated rings. The van der Waals surface area contributed by atoms with Gasteiger partial charge in [0.1, 0.15) is 5.75 Å². The van der Waals surface area contributed by atoms with Crippen LogP contribution < -0.4 is 16.5 Å². The van der Waals surface area contributed by atoms with Crippen LogP contribution in [-0.4, -0.2) is 24.5 Å². The number of carbonyl (C=O) groups is 2. The average molecular weight is 253 g/mol. The topological polar surface area (TPSA) is 114 Å². The van der Waals surface area contributed by atoms with Crippen molar-refractivity contribution in [3.05, 3.63) is 29.8 Å². The van der Waals surface area contributed by atoms with E-state index in [1.165, 1.54) is 31.3 Å². The van der Waals surface area contributed by atoms with E-state index in [-0.39, 0.29) is 18.1 Å². The van der Waals surface area contributed by atoms with E-state index in [4.69, 9.17) is 10.6 Å². The summed E-state index contributed by atoms with van der Waals surface area (Å²) in [7, 11) is 1.47. The Morgan fingerprint density at radius 3 is 2.61 bits per heavy atom. The summed E-state index contributed by atoms with van der Waals surface area (Å²) < 4.78 is 0. The SMILES string of the molecule is CNC(=O)CC(N)(ONC=O)c1ccc(O)cc1. The van der Waals surface area contributed by atoms with E-state index in [0.29, 0.717) is 12.0 Å². The molecule has 0 bridgehead atoms. The number of nitrogens with two attached hydrogens (primary N) is 1. The third-order valence-electron chi connectivity index (χ3n) is 2.35. The molecule has 1 unspecified atom stereocenters. The molecule has 0 saturated carbocycles. The number of phenols is 1. The molecule has 0 spiro atoms. The van der Waals surface area contributed by atoms with Gasteiger partial charge in [0, 0.05) is 12.6 Å². The second kappa shape index (κ2) is 5.99. The first kappa shape index (κ1) is 13.9. The molecule has 1 rings (SSSR count). The summed E-state index contributed by atoms with van der Waals surface area (Å²) in [4.78, 5) is 26.6. The van der Waals surface area contributed by atoms with Crippen LogP contribution in [0, 0.1) is 0 Å². The predicted octanol–water partition coefficient (Wildman–Crippen LogP) is -0.683. The lowest BCUT2D eigenvalue weighted by Crippen LogP contribution is -2.47. The molecule has 0 radical (unpaired) electrons. The fourth-order valence-electron chi connectivity index (χ4n) is 1.40. The lowest BCUT2D eigenvalue weighted by molar-refractivity contribution is -0.151. The molecule has 1 aromatic rings. The summed E-state index contributed by atoms with van der Waals surface area (Å²) in [6.45, 7) is 0. The fourth-order valence-corrected chi connectivity index (χ4v) is 1.40. The highest BCUT2D eigenvalue weighted by atomic mass is 16.7. The van der Waals surface area contributed by atoms with Gasteiger partial charge in [-0.25, -0.2) is 10.3 Å². The van der Waals surface area contributed by atoms with E-state index < -0.39 is 5.72 Å². The third kappa shape index (κ3) is 3.44. The van der Waals surface area contributed by atoms with Crippen LogP contribution in [0.15, 0.2) is 24.3 Å². The highest BCUT2D eigenvalue weighted by molar-refractivity contribution is 5.76.